The van der Waals surface area contributed by atoms with E-state index in [4.69, 9.17) is 16.3 Å². The van der Waals surface area contributed by atoms with Gasteiger partial charge < -0.3 is 10.1 Å². The average Bonchev–Trinajstić information content (AvgIpc) is 3.66. The number of aromatic nitrogens is 3. The molecule has 0 bridgehead atoms. The zero-order valence-corrected chi connectivity index (χ0v) is 20.5. The van der Waals surface area contributed by atoms with Crippen LogP contribution in [0.2, 0.25) is 5.02 Å². The van der Waals surface area contributed by atoms with Gasteiger partial charge >= 0.3 is 11.7 Å². The predicted molar refractivity (Wildman–Crippen MR) is 132 cm³/mol. The van der Waals surface area contributed by atoms with Crippen molar-refractivity contribution in [1.29, 1.82) is 0 Å². The van der Waals surface area contributed by atoms with E-state index in [1.54, 1.807) is 30.3 Å². The average molecular weight is 499 g/mol. The number of carbonyl (C=O) groups is 2. The van der Waals surface area contributed by atoms with Gasteiger partial charge in [0.1, 0.15) is 0 Å². The molecule has 4 rings (SSSR count). The fourth-order valence-corrected chi connectivity index (χ4v) is 4.35. The van der Waals surface area contributed by atoms with E-state index in [-0.39, 0.29) is 34.9 Å². The standard InChI is InChI=1S/C25H27ClN4O5/c1-13(2)12-30-22-21(24(33)29-25(30)34)16(10-18(27-22)14-8-9-14)23(32)28-19(11-20(31)35-3)15-6-4-5-7-17(15)26/h4-7,10,13-14,19H,8-9,11-12H2,1-3H3,(H,28,32)(H,29,33,34). The Kier molecular flexibility index (Phi) is 7.07. The lowest BCUT2D eigenvalue weighted by molar-refractivity contribution is -0.141. The summed E-state index contributed by atoms with van der Waals surface area (Å²) in [5.41, 5.74) is 0.225. The molecule has 35 heavy (non-hydrogen) atoms. The Morgan fingerprint density at radius 1 is 1.26 bits per heavy atom. The van der Waals surface area contributed by atoms with Crippen LogP contribution in [0.25, 0.3) is 11.0 Å². The number of halogens is 1. The second kappa shape index (κ2) is 10.0. The molecule has 1 aliphatic carbocycles. The first-order valence-corrected chi connectivity index (χ1v) is 11.9. The van der Waals surface area contributed by atoms with Crippen LogP contribution in [0.4, 0.5) is 0 Å². The molecular formula is C25H27ClN4O5. The molecule has 9 nitrogen and oxygen atoms in total. The number of H-pyrrole nitrogens is 1. The van der Waals surface area contributed by atoms with Crippen LogP contribution in [0.3, 0.4) is 0 Å². The number of nitrogens with zero attached hydrogens (tertiary/aromatic N) is 2. The molecule has 1 aromatic carbocycles. The number of hydrogen-bond acceptors (Lipinski definition) is 6. The van der Waals surface area contributed by atoms with Crippen molar-refractivity contribution in [1.82, 2.24) is 19.9 Å². The molecule has 0 aliphatic heterocycles. The van der Waals surface area contributed by atoms with E-state index in [9.17, 15) is 19.2 Å². The molecule has 1 amide bonds. The molecule has 0 saturated heterocycles. The summed E-state index contributed by atoms with van der Waals surface area (Å²) in [6.07, 6.45) is 1.68. The molecule has 2 N–H and O–H groups in total. The first-order valence-electron chi connectivity index (χ1n) is 11.5. The molecule has 3 aromatic rings. The highest BCUT2D eigenvalue weighted by atomic mass is 35.5. The summed E-state index contributed by atoms with van der Waals surface area (Å²) in [7, 11) is 1.26. The number of fused-ring (bicyclic) bond motifs is 1. The number of nitrogens with one attached hydrogen (secondary N) is 2. The Morgan fingerprint density at radius 3 is 2.60 bits per heavy atom. The Bertz CT molecular complexity index is 1410. The SMILES string of the molecule is COC(=O)CC(NC(=O)c1cc(C2CC2)nc2c1c(=O)[nH]c(=O)n2CC(C)C)c1ccccc1Cl. The maximum absolute atomic E-state index is 13.6. The number of methoxy groups -OCH3 is 1. The highest BCUT2D eigenvalue weighted by Crippen LogP contribution is 2.40. The molecule has 1 unspecified atom stereocenters. The quantitative estimate of drug-likeness (QED) is 0.459. The Hall–Kier alpha value is -3.46. The van der Waals surface area contributed by atoms with Crippen molar-refractivity contribution in [2.45, 2.75) is 51.6 Å². The highest BCUT2D eigenvalue weighted by Gasteiger charge is 2.30. The van der Waals surface area contributed by atoms with Gasteiger partial charge in [-0.2, -0.15) is 0 Å². The van der Waals surface area contributed by atoms with Crippen molar-refractivity contribution in [3.05, 3.63) is 73.0 Å². The van der Waals surface area contributed by atoms with E-state index in [1.807, 2.05) is 13.8 Å². The third-order valence-electron chi connectivity index (χ3n) is 5.94. The zero-order valence-electron chi connectivity index (χ0n) is 19.8. The maximum Gasteiger partial charge on any atom is 0.330 e. The van der Waals surface area contributed by atoms with Crippen molar-refractivity contribution in [3.63, 3.8) is 0 Å². The van der Waals surface area contributed by atoms with Gasteiger partial charge in [0.05, 0.1) is 30.5 Å². The lowest BCUT2D eigenvalue weighted by Gasteiger charge is -2.20. The number of pyridine rings is 1. The molecule has 0 radical (unpaired) electrons. The minimum atomic E-state index is -0.795. The number of esters is 1. The monoisotopic (exact) mass is 498 g/mol. The lowest BCUT2D eigenvalue weighted by Crippen LogP contribution is -2.35. The normalized spacial score (nSPS) is 14.2. The second-order valence-corrected chi connectivity index (χ2v) is 9.57. The predicted octanol–water partition coefficient (Wildman–Crippen LogP) is 3.31. The van der Waals surface area contributed by atoms with E-state index < -0.39 is 29.2 Å². The van der Waals surface area contributed by atoms with Gasteiger partial charge in [0.15, 0.2) is 5.65 Å². The van der Waals surface area contributed by atoms with Gasteiger partial charge in [0.2, 0.25) is 0 Å². The van der Waals surface area contributed by atoms with Crippen LogP contribution in [0.1, 0.15) is 66.7 Å². The third-order valence-corrected chi connectivity index (χ3v) is 6.29. The number of carbonyl (C=O) groups excluding carboxylic acids is 2. The molecule has 2 heterocycles. The van der Waals surface area contributed by atoms with Gasteiger partial charge in [-0.3, -0.25) is 23.9 Å². The third kappa shape index (κ3) is 5.30. The van der Waals surface area contributed by atoms with Crippen molar-refractivity contribution >= 4 is 34.5 Å². The molecular weight excluding hydrogens is 472 g/mol. The van der Waals surface area contributed by atoms with Crippen molar-refractivity contribution in [3.8, 4) is 0 Å². The van der Waals surface area contributed by atoms with Gasteiger partial charge in [0, 0.05) is 23.2 Å². The lowest BCUT2D eigenvalue weighted by atomic mass is 10.0. The van der Waals surface area contributed by atoms with Gasteiger partial charge in [-0.25, -0.2) is 9.78 Å². The smallest absolute Gasteiger partial charge is 0.330 e. The van der Waals surface area contributed by atoms with E-state index in [2.05, 4.69) is 15.3 Å². The van der Waals surface area contributed by atoms with Crippen LogP contribution in [0.15, 0.2) is 39.9 Å². The van der Waals surface area contributed by atoms with Gasteiger partial charge in [0.25, 0.3) is 11.5 Å². The van der Waals surface area contributed by atoms with Gasteiger partial charge in [-0.05, 0) is 36.5 Å². The fourth-order valence-electron chi connectivity index (χ4n) is 4.08. The Balaban J connectivity index is 1.85. The molecule has 2 aromatic heterocycles. The molecule has 1 atom stereocenters. The van der Waals surface area contributed by atoms with Crippen LogP contribution in [0, 0.1) is 5.92 Å². The van der Waals surface area contributed by atoms with Crippen molar-refractivity contribution in [2.75, 3.05) is 7.11 Å². The van der Waals surface area contributed by atoms with Crippen molar-refractivity contribution < 1.29 is 14.3 Å². The minimum absolute atomic E-state index is 0.0307. The first kappa shape index (κ1) is 24.7. The summed E-state index contributed by atoms with van der Waals surface area (Å²) in [6, 6.07) is 7.68. The summed E-state index contributed by atoms with van der Waals surface area (Å²) in [5, 5.41) is 3.25. The Morgan fingerprint density at radius 2 is 1.97 bits per heavy atom. The van der Waals surface area contributed by atoms with Crippen LogP contribution >= 0.6 is 11.6 Å². The minimum Gasteiger partial charge on any atom is -0.469 e. The van der Waals surface area contributed by atoms with Gasteiger partial charge in [-0.15, -0.1) is 0 Å². The summed E-state index contributed by atoms with van der Waals surface area (Å²) in [4.78, 5) is 58.2. The van der Waals surface area contributed by atoms with Gasteiger partial charge in [-0.1, -0.05) is 43.6 Å². The molecule has 184 valence electrons. The number of hydrogen-bond donors (Lipinski definition) is 2. The second-order valence-electron chi connectivity index (χ2n) is 9.16. The number of amides is 1. The largest absolute Gasteiger partial charge is 0.469 e. The number of ether oxygens (including phenoxy) is 1. The molecule has 1 aliphatic rings. The van der Waals surface area contributed by atoms with Crippen LogP contribution in [-0.2, 0) is 16.1 Å². The van der Waals surface area contributed by atoms with E-state index >= 15 is 0 Å². The van der Waals surface area contributed by atoms with E-state index in [1.165, 1.54) is 11.7 Å². The summed E-state index contributed by atoms with van der Waals surface area (Å²) in [6.45, 7) is 4.23. The topological polar surface area (TPSA) is 123 Å². The molecule has 0 spiro atoms. The molecule has 10 heteroatoms. The van der Waals surface area contributed by atoms with Crippen LogP contribution < -0.4 is 16.6 Å². The number of rotatable bonds is 8. The zero-order chi connectivity index (χ0) is 25.3. The van der Waals surface area contributed by atoms with Crippen molar-refractivity contribution in [2.24, 2.45) is 5.92 Å². The molecule has 1 saturated carbocycles. The van der Waals surface area contributed by atoms with E-state index in [0.29, 0.717) is 22.8 Å². The first-order chi connectivity index (χ1) is 16.7. The summed E-state index contributed by atoms with van der Waals surface area (Å²) < 4.78 is 6.21. The van der Waals surface area contributed by atoms with Crippen LogP contribution in [0.5, 0.6) is 0 Å². The van der Waals surface area contributed by atoms with Crippen LogP contribution in [-0.4, -0.2) is 33.5 Å². The number of benzene rings is 1. The molecule has 1 fully saturated rings. The summed E-state index contributed by atoms with van der Waals surface area (Å²) >= 11 is 6.35. The highest BCUT2D eigenvalue weighted by molar-refractivity contribution is 6.31. The summed E-state index contributed by atoms with van der Waals surface area (Å²) in [5.74, 6) is -0.831. The Labute approximate surface area is 206 Å². The number of aromatic amines is 1. The fraction of sp³-hybridized carbons (Fsp3) is 0.400. The maximum atomic E-state index is 13.6. The van der Waals surface area contributed by atoms with E-state index in [0.717, 1.165) is 12.8 Å².